The molecule has 0 atom stereocenters. The minimum Gasteiger partial charge on any atom is -0.497 e. The van der Waals surface area contributed by atoms with E-state index in [1.807, 2.05) is 13.0 Å². The van der Waals surface area contributed by atoms with Crippen LogP contribution in [0, 0.1) is 11.3 Å². The van der Waals surface area contributed by atoms with E-state index in [0.717, 1.165) is 5.75 Å². The molecule has 0 saturated heterocycles. The molecule has 0 bridgehead atoms. The first kappa shape index (κ1) is 13.8. The Bertz CT molecular complexity index is 423. The highest BCUT2D eigenvalue weighted by Crippen LogP contribution is 2.15. The van der Waals surface area contributed by atoms with Crippen molar-refractivity contribution in [3.63, 3.8) is 0 Å². The molecular weight excluding hydrogens is 230 g/mol. The summed E-state index contributed by atoms with van der Waals surface area (Å²) in [5, 5.41) is 11.3. The third-order valence-corrected chi connectivity index (χ3v) is 2.50. The van der Waals surface area contributed by atoms with Gasteiger partial charge in [-0.25, -0.2) is 4.79 Å². The van der Waals surface area contributed by atoms with E-state index < -0.39 is 0 Å². The van der Waals surface area contributed by atoms with Crippen molar-refractivity contribution in [1.29, 1.82) is 5.26 Å². The number of hydrogen-bond acceptors (Lipinski definition) is 3. The van der Waals surface area contributed by atoms with Crippen LogP contribution in [-0.4, -0.2) is 31.1 Å². The molecule has 0 saturated carbocycles. The maximum Gasteiger partial charge on any atom is 0.321 e. The summed E-state index contributed by atoms with van der Waals surface area (Å²) in [7, 11) is 1.59. The van der Waals surface area contributed by atoms with Crippen LogP contribution in [0.1, 0.15) is 13.3 Å². The Labute approximate surface area is 107 Å². The number of anilines is 1. The first-order chi connectivity index (χ1) is 8.71. The average Bonchev–Trinajstić information content (AvgIpc) is 2.40. The molecule has 0 radical (unpaired) electrons. The molecule has 0 aromatic heterocycles. The molecule has 0 fully saturated rings. The van der Waals surface area contributed by atoms with Crippen molar-refractivity contribution in [2.45, 2.75) is 13.3 Å². The van der Waals surface area contributed by atoms with Gasteiger partial charge in [-0.3, -0.25) is 0 Å². The van der Waals surface area contributed by atoms with E-state index >= 15 is 0 Å². The fourth-order valence-electron chi connectivity index (χ4n) is 1.47. The predicted octanol–water partition coefficient (Wildman–Crippen LogP) is 2.46. The number of ether oxygens (including phenoxy) is 1. The van der Waals surface area contributed by atoms with Gasteiger partial charge >= 0.3 is 6.03 Å². The predicted molar refractivity (Wildman–Crippen MR) is 69.5 cm³/mol. The zero-order chi connectivity index (χ0) is 13.4. The second-order valence-corrected chi connectivity index (χ2v) is 3.65. The maximum atomic E-state index is 11.9. The van der Waals surface area contributed by atoms with Gasteiger partial charge in [0.05, 0.1) is 19.6 Å². The van der Waals surface area contributed by atoms with Gasteiger partial charge in [0.15, 0.2) is 0 Å². The van der Waals surface area contributed by atoms with Crippen LogP contribution in [0.2, 0.25) is 0 Å². The Hall–Kier alpha value is -2.22. The second-order valence-electron chi connectivity index (χ2n) is 3.65. The molecule has 5 nitrogen and oxygen atoms in total. The summed E-state index contributed by atoms with van der Waals surface area (Å²) in [4.78, 5) is 13.5. The molecule has 1 N–H and O–H groups in total. The normalized spacial score (nSPS) is 9.39. The standard InChI is InChI=1S/C13H17N3O2/c1-3-16(10-4-9-14)13(17)15-11-5-7-12(18-2)8-6-11/h5-8H,3-4,10H2,1-2H3,(H,15,17). The number of urea groups is 1. The number of amides is 2. The summed E-state index contributed by atoms with van der Waals surface area (Å²) in [6.07, 6.45) is 0.337. The van der Waals surface area contributed by atoms with Gasteiger partial charge in [0, 0.05) is 18.8 Å². The average molecular weight is 247 g/mol. The summed E-state index contributed by atoms with van der Waals surface area (Å²) in [5.41, 5.74) is 0.705. The number of carbonyl (C=O) groups excluding carboxylic acids is 1. The van der Waals surface area contributed by atoms with Crippen molar-refractivity contribution in [1.82, 2.24) is 4.90 Å². The van der Waals surface area contributed by atoms with Gasteiger partial charge in [-0.05, 0) is 31.2 Å². The van der Waals surface area contributed by atoms with E-state index in [0.29, 0.717) is 25.2 Å². The Morgan fingerprint density at radius 1 is 1.44 bits per heavy atom. The molecule has 1 aromatic carbocycles. The van der Waals surface area contributed by atoms with Gasteiger partial charge in [0.2, 0.25) is 0 Å². The van der Waals surface area contributed by atoms with Crippen LogP contribution in [0.3, 0.4) is 0 Å². The van der Waals surface area contributed by atoms with Crippen molar-refractivity contribution in [3.05, 3.63) is 24.3 Å². The van der Waals surface area contributed by atoms with Crippen molar-refractivity contribution in [3.8, 4) is 11.8 Å². The summed E-state index contributed by atoms with van der Waals surface area (Å²) in [5.74, 6) is 0.741. The smallest absolute Gasteiger partial charge is 0.321 e. The number of nitrogens with one attached hydrogen (secondary N) is 1. The van der Waals surface area contributed by atoms with Crippen LogP contribution < -0.4 is 10.1 Å². The summed E-state index contributed by atoms with van der Waals surface area (Å²) in [6.45, 7) is 2.89. The van der Waals surface area contributed by atoms with E-state index in [9.17, 15) is 4.79 Å². The zero-order valence-electron chi connectivity index (χ0n) is 10.6. The fourth-order valence-corrected chi connectivity index (χ4v) is 1.47. The number of nitriles is 1. The van der Waals surface area contributed by atoms with Gasteiger partial charge in [0.25, 0.3) is 0 Å². The van der Waals surface area contributed by atoms with Crippen molar-refractivity contribution >= 4 is 11.7 Å². The quantitative estimate of drug-likeness (QED) is 0.869. The topological polar surface area (TPSA) is 65.4 Å². The SMILES string of the molecule is CCN(CCC#N)C(=O)Nc1ccc(OC)cc1. The second kappa shape index (κ2) is 7.17. The number of methoxy groups -OCH3 is 1. The van der Waals surface area contributed by atoms with Gasteiger partial charge in [-0.2, -0.15) is 5.26 Å². The summed E-state index contributed by atoms with van der Waals surface area (Å²) in [6, 6.07) is 8.93. The minimum atomic E-state index is -0.196. The van der Waals surface area contributed by atoms with E-state index in [4.69, 9.17) is 10.00 Å². The van der Waals surface area contributed by atoms with Crippen LogP contribution >= 0.6 is 0 Å². The first-order valence-electron chi connectivity index (χ1n) is 5.78. The lowest BCUT2D eigenvalue weighted by Gasteiger charge is -2.20. The van der Waals surface area contributed by atoms with Crippen LogP contribution in [0.5, 0.6) is 5.75 Å². The molecule has 96 valence electrons. The lowest BCUT2D eigenvalue weighted by molar-refractivity contribution is 0.215. The molecule has 1 rings (SSSR count). The highest BCUT2D eigenvalue weighted by molar-refractivity contribution is 5.89. The molecule has 2 amide bonds. The highest BCUT2D eigenvalue weighted by Gasteiger charge is 2.10. The van der Waals surface area contributed by atoms with Crippen LogP contribution in [0.15, 0.2) is 24.3 Å². The van der Waals surface area contributed by atoms with Gasteiger partial charge in [-0.1, -0.05) is 0 Å². The molecule has 0 unspecified atom stereocenters. The molecule has 0 aliphatic carbocycles. The van der Waals surface area contributed by atoms with E-state index in [1.165, 1.54) is 0 Å². The molecule has 0 aliphatic rings. The monoisotopic (exact) mass is 247 g/mol. The van der Waals surface area contributed by atoms with E-state index in [1.54, 1.807) is 36.3 Å². The van der Waals surface area contributed by atoms with Crippen molar-refractivity contribution in [2.75, 3.05) is 25.5 Å². The zero-order valence-corrected chi connectivity index (χ0v) is 10.6. The van der Waals surface area contributed by atoms with Crippen molar-refractivity contribution in [2.24, 2.45) is 0 Å². The molecule has 5 heteroatoms. The fraction of sp³-hybridized carbons (Fsp3) is 0.385. The minimum absolute atomic E-state index is 0.196. The highest BCUT2D eigenvalue weighted by atomic mass is 16.5. The molecule has 0 heterocycles. The molecule has 1 aromatic rings. The van der Waals surface area contributed by atoms with Gasteiger partial charge in [0.1, 0.15) is 5.75 Å². The number of benzene rings is 1. The molecule has 0 aliphatic heterocycles. The number of hydrogen-bond donors (Lipinski definition) is 1. The maximum absolute atomic E-state index is 11.9. The Kier molecular flexibility index (Phi) is 5.52. The lowest BCUT2D eigenvalue weighted by Crippen LogP contribution is -2.35. The van der Waals surface area contributed by atoms with E-state index in [-0.39, 0.29) is 6.03 Å². The Balaban J connectivity index is 2.59. The first-order valence-corrected chi connectivity index (χ1v) is 5.78. The third kappa shape index (κ3) is 3.98. The van der Waals surface area contributed by atoms with Crippen LogP contribution in [0.4, 0.5) is 10.5 Å². The van der Waals surface area contributed by atoms with Gasteiger partial charge < -0.3 is 15.0 Å². The summed E-state index contributed by atoms with van der Waals surface area (Å²) < 4.78 is 5.04. The Morgan fingerprint density at radius 2 is 2.11 bits per heavy atom. The molecule has 0 spiro atoms. The Morgan fingerprint density at radius 3 is 2.61 bits per heavy atom. The number of rotatable bonds is 5. The number of nitrogens with zero attached hydrogens (tertiary/aromatic N) is 2. The molecular formula is C13H17N3O2. The van der Waals surface area contributed by atoms with Crippen molar-refractivity contribution < 1.29 is 9.53 Å². The summed E-state index contributed by atoms with van der Waals surface area (Å²) >= 11 is 0. The lowest BCUT2D eigenvalue weighted by atomic mass is 10.3. The van der Waals surface area contributed by atoms with E-state index in [2.05, 4.69) is 5.32 Å². The largest absolute Gasteiger partial charge is 0.497 e. The number of carbonyl (C=O) groups is 1. The molecule has 18 heavy (non-hydrogen) atoms. The van der Waals surface area contributed by atoms with Gasteiger partial charge in [-0.15, -0.1) is 0 Å². The van der Waals surface area contributed by atoms with Crippen LogP contribution in [0.25, 0.3) is 0 Å². The third-order valence-electron chi connectivity index (χ3n) is 2.50. The van der Waals surface area contributed by atoms with Crippen LogP contribution in [-0.2, 0) is 0 Å².